The maximum atomic E-state index is 11.5. The summed E-state index contributed by atoms with van der Waals surface area (Å²) in [6.45, 7) is 6.01. The van der Waals surface area contributed by atoms with Crippen molar-refractivity contribution in [3.8, 4) is 0 Å². The van der Waals surface area contributed by atoms with Crippen LogP contribution in [0.25, 0.3) is 0 Å². The Labute approximate surface area is 109 Å². The van der Waals surface area contributed by atoms with Crippen molar-refractivity contribution in [3.05, 3.63) is 17.3 Å². The first-order valence-electron chi connectivity index (χ1n) is 6.72. The van der Waals surface area contributed by atoms with Crippen LogP contribution in [0.3, 0.4) is 0 Å². The number of aryl methyl sites for hydroxylation is 2. The van der Waals surface area contributed by atoms with E-state index in [1.165, 1.54) is 19.3 Å². The van der Waals surface area contributed by atoms with Gasteiger partial charge in [0.05, 0.1) is 5.69 Å². The fraction of sp³-hybridized carbons (Fsp3) is 0.714. The molecule has 1 aromatic heterocycles. The van der Waals surface area contributed by atoms with Gasteiger partial charge in [-0.1, -0.05) is 32.6 Å². The van der Waals surface area contributed by atoms with E-state index in [2.05, 4.69) is 11.9 Å². The van der Waals surface area contributed by atoms with Crippen molar-refractivity contribution >= 4 is 5.97 Å². The van der Waals surface area contributed by atoms with Gasteiger partial charge >= 0.3 is 5.97 Å². The molecule has 0 unspecified atom stereocenters. The zero-order valence-corrected chi connectivity index (χ0v) is 11.6. The van der Waals surface area contributed by atoms with Crippen LogP contribution in [0.5, 0.6) is 0 Å². The van der Waals surface area contributed by atoms with Crippen molar-refractivity contribution in [2.75, 3.05) is 0 Å². The van der Waals surface area contributed by atoms with E-state index in [4.69, 9.17) is 9.15 Å². The summed E-state index contributed by atoms with van der Waals surface area (Å²) in [6.07, 6.45) is 6.16. The fourth-order valence-electron chi connectivity index (χ4n) is 1.80. The average molecular weight is 253 g/mol. The van der Waals surface area contributed by atoms with E-state index in [9.17, 15) is 4.79 Å². The number of carbonyl (C=O) groups excluding carboxylic acids is 1. The van der Waals surface area contributed by atoms with Crippen LogP contribution in [0, 0.1) is 13.8 Å². The van der Waals surface area contributed by atoms with Gasteiger partial charge in [0.25, 0.3) is 0 Å². The van der Waals surface area contributed by atoms with Crippen molar-refractivity contribution < 1.29 is 13.9 Å². The lowest BCUT2D eigenvalue weighted by molar-refractivity contribution is -0.145. The van der Waals surface area contributed by atoms with Crippen molar-refractivity contribution in [2.24, 2.45) is 0 Å². The van der Waals surface area contributed by atoms with E-state index in [-0.39, 0.29) is 12.6 Å². The molecule has 0 aliphatic heterocycles. The molecule has 0 saturated heterocycles. The Morgan fingerprint density at radius 3 is 2.56 bits per heavy atom. The molecular formula is C14H23NO3. The normalized spacial score (nSPS) is 10.6. The second-order valence-electron chi connectivity index (χ2n) is 4.57. The predicted molar refractivity (Wildman–Crippen MR) is 69.1 cm³/mol. The molecule has 0 amide bonds. The molecule has 1 rings (SSSR count). The van der Waals surface area contributed by atoms with Gasteiger partial charge in [0.15, 0.2) is 18.3 Å². The molecule has 18 heavy (non-hydrogen) atoms. The van der Waals surface area contributed by atoms with Crippen LogP contribution in [-0.4, -0.2) is 11.0 Å². The highest BCUT2D eigenvalue weighted by Crippen LogP contribution is 2.12. The van der Waals surface area contributed by atoms with Crippen molar-refractivity contribution in [1.82, 2.24) is 4.98 Å². The fourth-order valence-corrected chi connectivity index (χ4v) is 1.80. The molecule has 0 bridgehead atoms. The van der Waals surface area contributed by atoms with Crippen LogP contribution >= 0.6 is 0 Å². The Hall–Kier alpha value is -1.32. The molecule has 1 heterocycles. The lowest BCUT2D eigenvalue weighted by Gasteiger charge is -2.03. The third kappa shape index (κ3) is 5.34. The number of unbranched alkanes of at least 4 members (excludes halogenated alkanes) is 4. The van der Waals surface area contributed by atoms with Gasteiger partial charge in [-0.15, -0.1) is 0 Å². The number of esters is 1. The van der Waals surface area contributed by atoms with Gasteiger partial charge in [-0.25, -0.2) is 4.98 Å². The molecule has 0 atom stereocenters. The minimum atomic E-state index is -0.153. The summed E-state index contributed by atoms with van der Waals surface area (Å²) in [5.41, 5.74) is 0.795. The summed E-state index contributed by atoms with van der Waals surface area (Å²) < 4.78 is 10.5. The van der Waals surface area contributed by atoms with Gasteiger partial charge in [0.1, 0.15) is 0 Å². The van der Waals surface area contributed by atoms with Gasteiger partial charge in [-0.3, -0.25) is 4.79 Å². The monoisotopic (exact) mass is 253 g/mol. The Kier molecular flexibility index (Phi) is 6.47. The molecule has 0 fully saturated rings. The zero-order valence-electron chi connectivity index (χ0n) is 11.6. The number of nitrogens with zero attached hydrogens (tertiary/aromatic N) is 1. The molecule has 1 aromatic rings. The van der Waals surface area contributed by atoms with Crippen molar-refractivity contribution in [2.45, 2.75) is 65.9 Å². The standard InChI is InChI=1S/C14H23NO3/c1-4-5-6-7-8-9-14(16)17-10-13-11(2)15-12(3)18-13/h4-10H2,1-3H3. The first-order valence-corrected chi connectivity index (χ1v) is 6.72. The van der Waals surface area contributed by atoms with E-state index in [0.29, 0.717) is 18.1 Å². The summed E-state index contributed by atoms with van der Waals surface area (Å²) >= 11 is 0. The minimum Gasteiger partial charge on any atom is -0.457 e. The molecule has 0 spiro atoms. The van der Waals surface area contributed by atoms with E-state index >= 15 is 0 Å². The number of hydrogen-bond donors (Lipinski definition) is 0. The van der Waals surface area contributed by atoms with E-state index < -0.39 is 0 Å². The minimum absolute atomic E-state index is 0.153. The Morgan fingerprint density at radius 1 is 1.22 bits per heavy atom. The lowest BCUT2D eigenvalue weighted by atomic mass is 10.1. The molecule has 0 aliphatic rings. The van der Waals surface area contributed by atoms with Gasteiger partial charge in [0, 0.05) is 13.3 Å². The lowest BCUT2D eigenvalue weighted by Crippen LogP contribution is -2.04. The van der Waals surface area contributed by atoms with Crippen LogP contribution in [0.1, 0.15) is 62.8 Å². The van der Waals surface area contributed by atoms with E-state index in [1.807, 2.05) is 6.92 Å². The smallest absolute Gasteiger partial charge is 0.306 e. The third-order valence-corrected chi connectivity index (χ3v) is 2.85. The number of oxazole rings is 1. The maximum Gasteiger partial charge on any atom is 0.306 e. The second-order valence-corrected chi connectivity index (χ2v) is 4.57. The first-order chi connectivity index (χ1) is 8.63. The summed E-state index contributed by atoms with van der Waals surface area (Å²) in [5.74, 6) is 1.10. The summed E-state index contributed by atoms with van der Waals surface area (Å²) in [7, 11) is 0. The van der Waals surface area contributed by atoms with Gasteiger partial charge in [-0.05, 0) is 13.3 Å². The predicted octanol–water partition coefficient (Wildman–Crippen LogP) is 3.70. The van der Waals surface area contributed by atoms with Crippen LogP contribution < -0.4 is 0 Å². The highest BCUT2D eigenvalue weighted by atomic mass is 16.5. The topological polar surface area (TPSA) is 52.3 Å². The number of rotatable bonds is 8. The Balaban J connectivity index is 2.15. The quantitative estimate of drug-likeness (QED) is 0.523. The van der Waals surface area contributed by atoms with Crippen LogP contribution in [0.15, 0.2) is 4.42 Å². The van der Waals surface area contributed by atoms with Crippen LogP contribution in [0.2, 0.25) is 0 Å². The molecule has 0 N–H and O–H groups in total. The Morgan fingerprint density at radius 2 is 1.94 bits per heavy atom. The van der Waals surface area contributed by atoms with Crippen molar-refractivity contribution in [1.29, 1.82) is 0 Å². The first kappa shape index (κ1) is 14.7. The van der Waals surface area contributed by atoms with Gasteiger partial charge in [-0.2, -0.15) is 0 Å². The van der Waals surface area contributed by atoms with Gasteiger partial charge < -0.3 is 9.15 Å². The number of ether oxygens (including phenoxy) is 1. The summed E-state index contributed by atoms with van der Waals surface area (Å²) in [4.78, 5) is 15.6. The van der Waals surface area contributed by atoms with Crippen molar-refractivity contribution in [3.63, 3.8) is 0 Å². The van der Waals surface area contributed by atoms with E-state index in [0.717, 1.165) is 18.5 Å². The molecule has 0 aromatic carbocycles. The van der Waals surface area contributed by atoms with E-state index in [1.54, 1.807) is 6.92 Å². The van der Waals surface area contributed by atoms with Crippen LogP contribution in [-0.2, 0) is 16.1 Å². The molecule has 0 saturated carbocycles. The molecular weight excluding hydrogens is 230 g/mol. The molecule has 4 heteroatoms. The second kappa shape index (κ2) is 7.90. The molecule has 4 nitrogen and oxygen atoms in total. The molecule has 102 valence electrons. The maximum absolute atomic E-state index is 11.5. The average Bonchev–Trinajstić information content (AvgIpc) is 2.65. The largest absolute Gasteiger partial charge is 0.457 e. The SMILES string of the molecule is CCCCCCCC(=O)OCc1oc(C)nc1C. The zero-order chi connectivity index (χ0) is 13.4. The summed E-state index contributed by atoms with van der Waals surface area (Å²) in [6, 6.07) is 0. The Bertz CT molecular complexity index is 371. The van der Waals surface area contributed by atoms with Gasteiger partial charge in [0.2, 0.25) is 0 Å². The summed E-state index contributed by atoms with van der Waals surface area (Å²) in [5, 5.41) is 0. The number of hydrogen-bond acceptors (Lipinski definition) is 4. The molecule has 0 aliphatic carbocycles. The highest BCUT2D eigenvalue weighted by Gasteiger charge is 2.09. The van der Waals surface area contributed by atoms with Crippen LogP contribution in [0.4, 0.5) is 0 Å². The highest BCUT2D eigenvalue weighted by molar-refractivity contribution is 5.69. The number of carbonyl (C=O) groups is 1. The number of aromatic nitrogens is 1. The molecule has 0 radical (unpaired) electrons. The third-order valence-electron chi connectivity index (χ3n) is 2.85.